The predicted molar refractivity (Wildman–Crippen MR) is 104 cm³/mol. The number of carbonyl (C=O) groups is 1. The van der Waals surface area contributed by atoms with Crippen molar-refractivity contribution >= 4 is 11.9 Å². The number of rotatable bonds is 7. The van der Waals surface area contributed by atoms with Gasteiger partial charge in [0.25, 0.3) is 0 Å². The Balaban J connectivity index is 1.87. The molecule has 7 heteroatoms. The van der Waals surface area contributed by atoms with E-state index in [1.165, 1.54) is 5.56 Å². The minimum absolute atomic E-state index is 0.0167. The van der Waals surface area contributed by atoms with E-state index in [9.17, 15) is 4.79 Å². The van der Waals surface area contributed by atoms with E-state index in [1.807, 2.05) is 0 Å². The maximum absolute atomic E-state index is 11.8. The summed E-state index contributed by atoms with van der Waals surface area (Å²) in [7, 11) is 3.50. The third-order valence-corrected chi connectivity index (χ3v) is 4.27. The fourth-order valence-corrected chi connectivity index (χ4v) is 2.51. The van der Waals surface area contributed by atoms with E-state index in [0.717, 1.165) is 45.0 Å². The van der Waals surface area contributed by atoms with Gasteiger partial charge in [0.15, 0.2) is 5.96 Å². The minimum Gasteiger partial charge on any atom is -0.379 e. The first kappa shape index (κ1) is 20.2. The molecular formula is C19H31N5O2. The third-order valence-electron chi connectivity index (χ3n) is 4.27. The summed E-state index contributed by atoms with van der Waals surface area (Å²) in [5.74, 6) is 0.678. The highest BCUT2D eigenvalue weighted by molar-refractivity contribution is 5.86. The molecule has 0 aliphatic carbocycles. The third kappa shape index (κ3) is 7.41. The number of nitrogens with zero attached hydrogens (tertiary/aromatic N) is 3. The summed E-state index contributed by atoms with van der Waals surface area (Å²) < 4.78 is 5.37. The van der Waals surface area contributed by atoms with Gasteiger partial charge >= 0.3 is 0 Å². The summed E-state index contributed by atoms with van der Waals surface area (Å²) in [6.45, 7) is 8.09. The average Bonchev–Trinajstić information content (AvgIpc) is 2.65. The second-order valence-corrected chi connectivity index (χ2v) is 6.67. The van der Waals surface area contributed by atoms with Crippen molar-refractivity contribution in [3.8, 4) is 0 Å². The first-order valence-electron chi connectivity index (χ1n) is 9.12. The lowest BCUT2D eigenvalue weighted by atomic mass is 10.1. The van der Waals surface area contributed by atoms with Crippen LogP contribution < -0.4 is 10.6 Å². The Bertz CT molecular complexity index is 580. The lowest BCUT2D eigenvalue weighted by Gasteiger charge is -2.26. The normalized spacial score (nSPS) is 15.6. The van der Waals surface area contributed by atoms with Crippen LogP contribution in [0.15, 0.2) is 29.3 Å². The largest absolute Gasteiger partial charge is 0.379 e. The summed E-state index contributed by atoms with van der Waals surface area (Å²) in [6.07, 6.45) is 0. The number of hydrogen-bond acceptors (Lipinski definition) is 4. The number of amides is 1. The average molecular weight is 361 g/mol. The highest BCUT2D eigenvalue weighted by Crippen LogP contribution is 2.04. The quantitative estimate of drug-likeness (QED) is 0.545. The van der Waals surface area contributed by atoms with Crippen LogP contribution in [-0.4, -0.2) is 81.7 Å². The zero-order valence-electron chi connectivity index (χ0n) is 16.1. The summed E-state index contributed by atoms with van der Waals surface area (Å²) >= 11 is 0. The molecule has 0 bridgehead atoms. The molecule has 2 N–H and O–H groups in total. The minimum atomic E-state index is 0.0167. The molecule has 1 saturated heterocycles. The van der Waals surface area contributed by atoms with Crippen molar-refractivity contribution in [1.29, 1.82) is 0 Å². The maximum Gasteiger partial charge on any atom is 0.241 e. The molecule has 0 aromatic heterocycles. The number of aliphatic imine (C=N–C) groups is 1. The number of aryl methyl sites for hydroxylation is 1. The Morgan fingerprint density at radius 1 is 1.19 bits per heavy atom. The van der Waals surface area contributed by atoms with Crippen molar-refractivity contribution in [2.24, 2.45) is 4.99 Å². The zero-order chi connectivity index (χ0) is 18.8. The summed E-state index contributed by atoms with van der Waals surface area (Å²) in [4.78, 5) is 20.4. The van der Waals surface area contributed by atoms with Crippen molar-refractivity contribution in [1.82, 2.24) is 20.4 Å². The first-order chi connectivity index (χ1) is 12.5. The smallest absolute Gasteiger partial charge is 0.241 e. The van der Waals surface area contributed by atoms with Gasteiger partial charge in [0.2, 0.25) is 5.91 Å². The highest BCUT2D eigenvalue weighted by atomic mass is 16.5. The van der Waals surface area contributed by atoms with Crippen LogP contribution in [-0.2, 0) is 16.1 Å². The number of likely N-dealkylation sites (N-methyl/N-ethyl adjacent to an activating group) is 1. The summed E-state index contributed by atoms with van der Waals surface area (Å²) in [5.41, 5.74) is 2.38. The van der Waals surface area contributed by atoms with E-state index < -0.39 is 0 Å². The maximum atomic E-state index is 11.8. The Hall–Kier alpha value is -2.12. The molecule has 0 saturated carbocycles. The van der Waals surface area contributed by atoms with Crippen LogP contribution in [0.5, 0.6) is 0 Å². The first-order valence-corrected chi connectivity index (χ1v) is 9.12. The zero-order valence-corrected chi connectivity index (χ0v) is 16.1. The molecule has 1 fully saturated rings. The lowest BCUT2D eigenvalue weighted by Crippen LogP contribution is -2.46. The van der Waals surface area contributed by atoms with Crippen LogP contribution in [0.2, 0.25) is 0 Å². The molecule has 0 radical (unpaired) electrons. The monoisotopic (exact) mass is 361 g/mol. The van der Waals surface area contributed by atoms with Gasteiger partial charge < -0.3 is 20.3 Å². The molecule has 1 aromatic rings. The molecular weight excluding hydrogens is 330 g/mol. The Kier molecular flexibility index (Phi) is 8.37. The Morgan fingerprint density at radius 2 is 1.88 bits per heavy atom. The van der Waals surface area contributed by atoms with E-state index in [4.69, 9.17) is 4.74 Å². The van der Waals surface area contributed by atoms with Gasteiger partial charge in [-0.2, -0.15) is 0 Å². The number of nitrogens with one attached hydrogen (secondary N) is 2. The van der Waals surface area contributed by atoms with Gasteiger partial charge in [0, 0.05) is 40.3 Å². The number of guanidine groups is 1. The number of benzene rings is 1. The highest BCUT2D eigenvalue weighted by Gasteiger charge is 2.10. The number of morpholine rings is 1. The molecule has 1 amide bonds. The number of carbonyl (C=O) groups excluding carboxylic acids is 1. The van der Waals surface area contributed by atoms with Crippen molar-refractivity contribution in [2.75, 3.05) is 60.0 Å². The molecule has 0 atom stereocenters. The van der Waals surface area contributed by atoms with E-state index in [1.54, 1.807) is 19.0 Å². The van der Waals surface area contributed by atoms with Gasteiger partial charge in [-0.25, -0.2) is 4.99 Å². The van der Waals surface area contributed by atoms with Crippen molar-refractivity contribution < 1.29 is 9.53 Å². The predicted octanol–water partition coefficient (Wildman–Crippen LogP) is 0.451. The van der Waals surface area contributed by atoms with Crippen molar-refractivity contribution in [2.45, 2.75) is 13.5 Å². The van der Waals surface area contributed by atoms with Crippen molar-refractivity contribution in [3.05, 3.63) is 35.4 Å². The molecule has 2 rings (SSSR count). The fourth-order valence-electron chi connectivity index (χ4n) is 2.51. The topological polar surface area (TPSA) is 69.2 Å². The molecule has 1 aliphatic rings. The summed E-state index contributed by atoms with van der Waals surface area (Å²) in [6, 6.07) is 8.32. The van der Waals surface area contributed by atoms with Crippen molar-refractivity contribution in [3.63, 3.8) is 0 Å². The lowest BCUT2D eigenvalue weighted by molar-refractivity contribution is -0.127. The molecule has 26 heavy (non-hydrogen) atoms. The second kappa shape index (κ2) is 10.8. The van der Waals surface area contributed by atoms with Gasteiger partial charge in [-0.15, -0.1) is 0 Å². The van der Waals surface area contributed by atoms with Gasteiger partial charge in [-0.05, 0) is 12.5 Å². The molecule has 0 spiro atoms. The number of ether oxygens (including phenoxy) is 1. The van der Waals surface area contributed by atoms with E-state index >= 15 is 0 Å². The number of hydrogen-bond donors (Lipinski definition) is 2. The summed E-state index contributed by atoms with van der Waals surface area (Å²) in [5, 5.41) is 6.45. The Morgan fingerprint density at radius 3 is 2.54 bits per heavy atom. The van der Waals surface area contributed by atoms with Gasteiger partial charge in [-0.1, -0.05) is 29.8 Å². The van der Waals surface area contributed by atoms with Crippen LogP contribution in [0.3, 0.4) is 0 Å². The molecule has 1 aliphatic heterocycles. The molecule has 0 unspecified atom stereocenters. The van der Waals surface area contributed by atoms with Crippen LogP contribution in [0.25, 0.3) is 0 Å². The molecule has 7 nitrogen and oxygen atoms in total. The molecule has 144 valence electrons. The standard InChI is InChI=1S/C19H31N5O2/c1-16-4-6-17(7-5-16)14-21-19(22-15-18(25)23(2)3)20-8-9-24-10-12-26-13-11-24/h4-7H,8-15H2,1-3H3,(H2,20,21,22). The van der Waals surface area contributed by atoms with E-state index in [-0.39, 0.29) is 12.5 Å². The van der Waals surface area contributed by atoms with Gasteiger partial charge in [0.05, 0.1) is 26.3 Å². The van der Waals surface area contributed by atoms with E-state index in [0.29, 0.717) is 12.5 Å². The van der Waals surface area contributed by atoms with Crippen LogP contribution in [0.1, 0.15) is 11.1 Å². The van der Waals surface area contributed by atoms with E-state index in [2.05, 4.69) is 51.7 Å². The SMILES string of the molecule is Cc1ccc(CN=C(NCCN2CCOCC2)NCC(=O)N(C)C)cc1. The van der Waals surface area contributed by atoms with Gasteiger partial charge in [0.1, 0.15) is 0 Å². The second-order valence-electron chi connectivity index (χ2n) is 6.67. The fraction of sp³-hybridized carbons (Fsp3) is 0.579. The van der Waals surface area contributed by atoms with Crippen LogP contribution in [0, 0.1) is 6.92 Å². The molecule has 1 aromatic carbocycles. The Labute approximate surface area is 156 Å². The molecule has 1 heterocycles. The van der Waals surface area contributed by atoms with Crippen LogP contribution in [0.4, 0.5) is 0 Å². The van der Waals surface area contributed by atoms with Crippen LogP contribution >= 0.6 is 0 Å². The van der Waals surface area contributed by atoms with Gasteiger partial charge in [-0.3, -0.25) is 9.69 Å².